The molecule has 0 fully saturated rings. The van der Waals surface area contributed by atoms with Crippen molar-refractivity contribution in [3.05, 3.63) is 206 Å². The third-order valence-corrected chi connectivity index (χ3v) is 10.6. The summed E-state index contributed by atoms with van der Waals surface area (Å²) in [5.41, 5.74) is 12.3. The standard InChI is InChI=1S/C52H34/c1-3-13-35(14-4-1)43-31-32-47-49(34-43)50(40-28-25-37(26-29-40)42-30-27-36-15-7-8-19-41(36)33-42)48-24-12-22-45(39-16-5-2-6-17-39)51(48)52(47)46-23-11-20-38-18-9-10-21-44(38)46/h1-34H. The first-order chi connectivity index (χ1) is 25.8. The largest absolute Gasteiger partial charge is 0.0622 e. The minimum absolute atomic E-state index is 1.21. The van der Waals surface area contributed by atoms with Gasteiger partial charge in [-0.15, -0.1) is 0 Å². The monoisotopic (exact) mass is 658 g/mol. The highest BCUT2D eigenvalue weighted by Gasteiger charge is 2.21. The van der Waals surface area contributed by atoms with E-state index < -0.39 is 0 Å². The second-order valence-corrected chi connectivity index (χ2v) is 13.6. The summed E-state index contributed by atoms with van der Waals surface area (Å²) in [5.74, 6) is 0. The molecule has 0 aliphatic rings. The molecule has 0 amide bonds. The summed E-state index contributed by atoms with van der Waals surface area (Å²) in [7, 11) is 0. The van der Waals surface area contributed by atoms with Crippen LogP contribution in [0.5, 0.6) is 0 Å². The predicted octanol–water partition coefficient (Wildman–Crippen LogP) is 14.6. The molecule has 10 aromatic carbocycles. The van der Waals surface area contributed by atoms with Gasteiger partial charge in [0.25, 0.3) is 0 Å². The van der Waals surface area contributed by atoms with Gasteiger partial charge in [-0.05, 0) is 111 Å². The molecule has 0 N–H and O–H groups in total. The van der Waals surface area contributed by atoms with Gasteiger partial charge in [-0.2, -0.15) is 0 Å². The molecule has 0 nitrogen and oxygen atoms in total. The van der Waals surface area contributed by atoms with Gasteiger partial charge in [-0.25, -0.2) is 0 Å². The van der Waals surface area contributed by atoms with Crippen LogP contribution in [0.3, 0.4) is 0 Å². The fourth-order valence-corrected chi connectivity index (χ4v) is 8.18. The zero-order chi connectivity index (χ0) is 34.4. The maximum absolute atomic E-state index is 2.42. The Balaban J connectivity index is 1.31. The van der Waals surface area contributed by atoms with Gasteiger partial charge in [0, 0.05) is 0 Å². The van der Waals surface area contributed by atoms with E-state index in [2.05, 4.69) is 206 Å². The summed E-state index contributed by atoms with van der Waals surface area (Å²) in [5, 5.41) is 10.0. The highest BCUT2D eigenvalue weighted by atomic mass is 14.2. The first kappa shape index (κ1) is 30.1. The van der Waals surface area contributed by atoms with Crippen LogP contribution in [-0.2, 0) is 0 Å². The van der Waals surface area contributed by atoms with Crippen LogP contribution in [0.1, 0.15) is 0 Å². The lowest BCUT2D eigenvalue weighted by molar-refractivity contribution is 1.61. The fourth-order valence-electron chi connectivity index (χ4n) is 8.18. The van der Waals surface area contributed by atoms with Gasteiger partial charge in [0.2, 0.25) is 0 Å². The Hall–Kier alpha value is -6.76. The van der Waals surface area contributed by atoms with Gasteiger partial charge in [0.1, 0.15) is 0 Å². The zero-order valence-corrected chi connectivity index (χ0v) is 28.6. The van der Waals surface area contributed by atoms with E-state index in [0.717, 1.165) is 0 Å². The van der Waals surface area contributed by atoms with E-state index in [1.807, 2.05) is 0 Å². The molecule has 52 heavy (non-hydrogen) atoms. The minimum Gasteiger partial charge on any atom is -0.0622 e. The molecule has 0 aliphatic carbocycles. The van der Waals surface area contributed by atoms with Gasteiger partial charge in [0.05, 0.1) is 0 Å². The maximum Gasteiger partial charge on any atom is -0.00139 e. The lowest BCUT2D eigenvalue weighted by Gasteiger charge is -2.22. The summed E-state index contributed by atoms with van der Waals surface area (Å²) in [6, 6.07) is 75.6. The Labute approximate surface area is 303 Å². The first-order valence-corrected chi connectivity index (χ1v) is 18.0. The molecular weight excluding hydrogens is 625 g/mol. The minimum atomic E-state index is 1.21. The summed E-state index contributed by atoms with van der Waals surface area (Å²) >= 11 is 0. The molecule has 0 heterocycles. The lowest BCUT2D eigenvalue weighted by atomic mass is 9.81. The maximum atomic E-state index is 2.42. The summed E-state index contributed by atoms with van der Waals surface area (Å²) in [6.45, 7) is 0. The van der Waals surface area contributed by atoms with Crippen LogP contribution < -0.4 is 0 Å². The van der Waals surface area contributed by atoms with Crippen molar-refractivity contribution in [3.63, 3.8) is 0 Å². The van der Waals surface area contributed by atoms with E-state index in [1.54, 1.807) is 0 Å². The van der Waals surface area contributed by atoms with Crippen LogP contribution in [-0.4, -0.2) is 0 Å². The highest BCUT2D eigenvalue weighted by Crippen LogP contribution is 2.49. The topological polar surface area (TPSA) is 0 Å². The Morgan fingerprint density at radius 1 is 0.212 bits per heavy atom. The van der Waals surface area contributed by atoms with E-state index in [-0.39, 0.29) is 0 Å². The van der Waals surface area contributed by atoms with Crippen molar-refractivity contribution in [2.45, 2.75) is 0 Å². The summed E-state index contributed by atoms with van der Waals surface area (Å²) < 4.78 is 0. The first-order valence-electron chi connectivity index (χ1n) is 18.0. The van der Waals surface area contributed by atoms with Crippen LogP contribution >= 0.6 is 0 Å². The van der Waals surface area contributed by atoms with E-state index in [0.29, 0.717) is 0 Å². The fraction of sp³-hybridized carbons (Fsp3) is 0. The molecular formula is C52H34. The highest BCUT2D eigenvalue weighted by molar-refractivity contribution is 6.27. The van der Waals surface area contributed by atoms with E-state index in [1.165, 1.54) is 98.7 Å². The number of hydrogen-bond acceptors (Lipinski definition) is 0. The van der Waals surface area contributed by atoms with Gasteiger partial charge < -0.3 is 0 Å². The SMILES string of the molecule is c1ccc(-c2ccc3c(-c4cccc5ccccc45)c4c(-c5ccccc5)cccc4c(-c4ccc(-c5ccc6ccccc6c5)cc4)c3c2)cc1. The number of benzene rings is 10. The third kappa shape index (κ3) is 5.08. The molecule has 0 radical (unpaired) electrons. The molecule has 0 saturated heterocycles. The second-order valence-electron chi connectivity index (χ2n) is 13.6. The smallest absolute Gasteiger partial charge is 0.00139 e. The van der Waals surface area contributed by atoms with Crippen LogP contribution in [0.15, 0.2) is 206 Å². The number of fused-ring (bicyclic) bond motifs is 4. The lowest BCUT2D eigenvalue weighted by Crippen LogP contribution is -1.94. The Morgan fingerprint density at radius 3 is 1.56 bits per heavy atom. The third-order valence-electron chi connectivity index (χ3n) is 10.6. The van der Waals surface area contributed by atoms with Crippen molar-refractivity contribution in [3.8, 4) is 55.6 Å². The molecule has 0 unspecified atom stereocenters. The summed E-state index contributed by atoms with van der Waals surface area (Å²) in [4.78, 5) is 0. The molecule has 0 aromatic heterocycles. The molecule has 10 aromatic rings. The van der Waals surface area contributed by atoms with Crippen molar-refractivity contribution < 1.29 is 0 Å². The second kappa shape index (κ2) is 12.5. The Bertz CT molecular complexity index is 2910. The number of hydrogen-bond donors (Lipinski definition) is 0. The van der Waals surface area contributed by atoms with Crippen molar-refractivity contribution in [1.82, 2.24) is 0 Å². The number of rotatable bonds is 5. The molecule has 0 atom stereocenters. The molecule has 0 bridgehead atoms. The van der Waals surface area contributed by atoms with Gasteiger partial charge in [-0.1, -0.05) is 194 Å². The van der Waals surface area contributed by atoms with Crippen LogP contribution in [0.25, 0.3) is 98.7 Å². The average molecular weight is 659 g/mol. The normalized spacial score (nSPS) is 11.5. The van der Waals surface area contributed by atoms with Crippen molar-refractivity contribution in [2.75, 3.05) is 0 Å². The van der Waals surface area contributed by atoms with Crippen molar-refractivity contribution >= 4 is 43.1 Å². The van der Waals surface area contributed by atoms with Crippen molar-refractivity contribution in [1.29, 1.82) is 0 Å². The molecule has 0 aliphatic heterocycles. The molecule has 0 heteroatoms. The molecule has 0 saturated carbocycles. The predicted molar refractivity (Wildman–Crippen MR) is 224 cm³/mol. The van der Waals surface area contributed by atoms with E-state index in [4.69, 9.17) is 0 Å². The summed E-state index contributed by atoms with van der Waals surface area (Å²) in [6.07, 6.45) is 0. The molecule has 0 spiro atoms. The van der Waals surface area contributed by atoms with Gasteiger partial charge in [-0.3, -0.25) is 0 Å². The van der Waals surface area contributed by atoms with E-state index in [9.17, 15) is 0 Å². The molecule has 242 valence electrons. The van der Waals surface area contributed by atoms with Gasteiger partial charge in [0.15, 0.2) is 0 Å². The van der Waals surface area contributed by atoms with Crippen LogP contribution in [0, 0.1) is 0 Å². The zero-order valence-electron chi connectivity index (χ0n) is 28.6. The van der Waals surface area contributed by atoms with Crippen LogP contribution in [0.4, 0.5) is 0 Å². The van der Waals surface area contributed by atoms with Crippen LogP contribution in [0.2, 0.25) is 0 Å². The quantitative estimate of drug-likeness (QED) is 0.161. The Morgan fingerprint density at radius 2 is 0.750 bits per heavy atom. The van der Waals surface area contributed by atoms with Gasteiger partial charge >= 0.3 is 0 Å². The molecule has 10 rings (SSSR count). The Kier molecular flexibility index (Phi) is 7.25. The van der Waals surface area contributed by atoms with E-state index >= 15 is 0 Å². The van der Waals surface area contributed by atoms with Crippen molar-refractivity contribution in [2.24, 2.45) is 0 Å². The average Bonchev–Trinajstić information content (AvgIpc) is 3.23.